The molecule has 0 fully saturated rings. The average Bonchev–Trinajstić information content (AvgIpc) is 2.84. The van der Waals surface area contributed by atoms with Crippen LogP contribution in [-0.2, 0) is 4.79 Å². The minimum absolute atomic E-state index is 0.0663. The van der Waals surface area contributed by atoms with E-state index in [2.05, 4.69) is 10.6 Å². The Balaban J connectivity index is 1.51. The maximum Gasteiger partial charge on any atom is 0.262 e. The first-order valence-electron chi connectivity index (χ1n) is 10.7. The van der Waals surface area contributed by atoms with Crippen molar-refractivity contribution in [1.82, 2.24) is 10.2 Å². The van der Waals surface area contributed by atoms with Crippen molar-refractivity contribution in [3.63, 3.8) is 0 Å². The number of nitrogens with zero attached hydrogens (tertiary/aromatic N) is 1. The second-order valence-electron chi connectivity index (χ2n) is 7.80. The first-order chi connectivity index (χ1) is 16.4. The van der Waals surface area contributed by atoms with Crippen molar-refractivity contribution in [3.05, 3.63) is 88.9 Å². The van der Waals surface area contributed by atoms with Gasteiger partial charge in [0.15, 0.2) is 6.61 Å². The van der Waals surface area contributed by atoms with Crippen LogP contribution in [-0.4, -0.2) is 51.1 Å². The molecule has 0 heterocycles. The lowest BCUT2D eigenvalue weighted by Gasteiger charge is -2.26. The number of nitrogens with one attached hydrogen (secondary N) is 2. The van der Waals surface area contributed by atoms with Crippen molar-refractivity contribution < 1.29 is 19.1 Å². The van der Waals surface area contributed by atoms with Crippen molar-refractivity contribution >= 4 is 29.1 Å². The van der Waals surface area contributed by atoms with Gasteiger partial charge in [-0.1, -0.05) is 35.9 Å². The summed E-state index contributed by atoms with van der Waals surface area (Å²) >= 11 is 6.34. The molecule has 1 atom stereocenters. The standard InChI is InChI=1S/C26H28ClN3O4/c1-30(2)24(22-9-4-5-10-23(22)27)16-28-26(32)18-11-13-20(14-12-18)34-17-25(31)29-19-7-6-8-21(15-19)33-3/h4-15,24H,16-17H2,1-3H3,(H,28,32)(H,29,31)/t24-/m1/s1. The minimum atomic E-state index is -0.302. The number of anilines is 1. The van der Waals surface area contributed by atoms with Gasteiger partial charge in [0.2, 0.25) is 0 Å². The van der Waals surface area contributed by atoms with E-state index in [1.165, 1.54) is 0 Å². The Labute approximate surface area is 204 Å². The summed E-state index contributed by atoms with van der Waals surface area (Å²) in [6.45, 7) is 0.239. The number of hydrogen-bond acceptors (Lipinski definition) is 5. The molecule has 7 nitrogen and oxygen atoms in total. The van der Waals surface area contributed by atoms with Gasteiger partial charge in [-0.3, -0.25) is 9.59 Å². The zero-order valence-corrected chi connectivity index (χ0v) is 20.1. The van der Waals surface area contributed by atoms with Crippen molar-refractivity contribution in [3.8, 4) is 11.5 Å². The summed E-state index contributed by atoms with van der Waals surface area (Å²) in [5.74, 6) is 0.626. The number of rotatable bonds is 10. The van der Waals surface area contributed by atoms with Gasteiger partial charge in [0, 0.05) is 28.9 Å². The van der Waals surface area contributed by atoms with Crippen molar-refractivity contribution in [1.29, 1.82) is 0 Å². The number of benzene rings is 3. The highest BCUT2D eigenvalue weighted by Gasteiger charge is 2.18. The fourth-order valence-electron chi connectivity index (χ4n) is 3.36. The van der Waals surface area contributed by atoms with Gasteiger partial charge in [-0.15, -0.1) is 0 Å². The maximum absolute atomic E-state index is 12.6. The predicted molar refractivity (Wildman–Crippen MR) is 134 cm³/mol. The van der Waals surface area contributed by atoms with E-state index in [-0.39, 0.29) is 24.5 Å². The molecule has 0 aliphatic rings. The van der Waals surface area contributed by atoms with Crippen LogP contribution in [0.2, 0.25) is 5.02 Å². The number of amides is 2. The maximum atomic E-state index is 12.6. The molecule has 2 N–H and O–H groups in total. The number of carbonyl (C=O) groups is 2. The van der Waals surface area contributed by atoms with Gasteiger partial charge in [0.1, 0.15) is 11.5 Å². The first-order valence-corrected chi connectivity index (χ1v) is 11.1. The van der Waals surface area contributed by atoms with Crippen LogP contribution in [0.15, 0.2) is 72.8 Å². The van der Waals surface area contributed by atoms with Gasteiger partial charge in [-0.2, -0.15) is 0 Å². The SMILES string of the molecule is COc1cccc(NC(=O)COc2ccc(C(=O)NC[C@H](c3ccccc3Cl)N(C)C)cc2)c1. The summed E-state index contributed by atoms with van der Waals surface area (Å²) in [5, 5.41) is 6.37. The molecule has 2 amide bonds. The molecular weight excluding hydrogens is 454 g/mol. The van der Waals surface area contributed by atoms with Gasteiger partial charge < -0.3 is 25.0 Å². The molecule has 0 spiro atoms. The second-order valence-corrected chi connectivity index (χ2v) is 8.21. The Hall–Kier alpha value is -3.55. The Bertz CT molecular complexity index is 1120. The number of carbonyl (C=O) groups excluding carboxylic acids is 2. The Kier molecular flexibility index (Phi) is 8.90. The van der Waals surface area contributed by atoms with E-state index in [0.717, 1.165) is 5.56 Å². The lowest BCUT2D eigenvalue weighted by Crippen LogP contribution is -2.34. The lowest BCUT2D eigenvalue weighted by molar-refractivity contribution is -0.118. The summed E-state index contributed by atoms with van der Waals surface area (Å²) in [4.78, 5) is 26.8. The van der Waals surface area contributed by atoms with Gasteiger partial charge in [-0.25, -0.2) is 0 Å². The molecule has 0 bridgehead atoms. The summed E-state index contributed by atoms with van der Waals surface area (Å²) in [7, 11) is 5.45. The zero-order valence-electron chi connectivity index (χ0n) is 19.4. The van der Waals surface area contributed by atoms with Crippen molar-refractivity contribution in [2.24, 2.45) is 0 Å². The molecule has 8 heteroatoms. The smallest absolute Gasteiger partial charge is 0.262 e. The van der Waals surface area contributed by atoms with E-state index in [1.807, 2.05) is 43.3 Å². The Morgan fingerprint density at radius 2 is 1.71 bits per heavy atom. The number of halogens is 1. The van der Waals surface area contributed by atoms with Crippen LogP contribution < -0.4 is 20.1 Å². The number of likely N-dealkylation sites (N-methyl/N-ethyl adjacent to an activating group) is 1. The molecule has 3 aromatic rings. The van der Waals surface area contributed by atoms with Crippen LogP contribution in [0.1, 0.15) is 22.0 Å². The molecule has 0 unspecified atom stereocenters. The summed E-state index contributed by atoms with van der Waals surface area (Å²) in [6.07, 6.45) is 0. The van der Waals surface area contributed by atoms with Crippen LogP contribution >= 0.6 is 11.6 Å². The highest BCUT2D eigenvalue weighted by molar-refractivity contribution is 6.31. The van der Waals surface area contributed by atoms with Crippen LogP contribution in [0.4, 0.5) is 5.69 Å². The van der Waals surface area contributed by atoms with E-state index >= 15 is 0 Å². The summed E-state index contributed by atoms with van der Waals surface area (Å²) in [6, 6.07) is 21.2. The third-order valence-electron chi connectivity index (χ3n) is 5.18. The molecule has 0 saturated carbocycles. The number of ether oxygens (including phenoxy) is 2. The molecule has 3 aromatic carbocycles. The summed E-state index contributed by atoms with van der Waals surface area (Å²) in [5.41, 5.74) is 2.06. The molecule has 34 heavy (non-hydrogen) atoms. The summed E-state index contributed by atoms with van der Waals surface area (Å²) < 4.78 is 10.7. The van der Waals surface area contributed by atoms with E-state index < -0.39 is 0 Å². The molecule has 0 radical (unpaired) electrons. The molecule has 0 aliphatic heterocycles. The minimum Gasteiger partial charge on any atom is -0.497 e. The Morgan fingerprint density at radius 1 is 0.971 bits per heavy atom. The van der Waals surface area contributed by atoms with E-state index in [1.54, 1.807) is 55.6 Å². The third-order valence-corrected chi connectivity index (χ3v) is 5.53. The largest absolute Gasteiger partial charge is 0.497 e. The van der Waals surface area contributed by atoms with Crippen LogP contribution in [0.3, 0.4) is 0 Å². The van der Waals surface area contributed by atoms with Crippen LogP contribution in [0, 0.1) is 0 Å². The van der Waals surface area contributed by atoms with Crippen LogP contribution in [0.5, 0.6) is 11.5 Å². The average molecular weight is 482 g/mol. The normalized spacial score (nSPS) is 11.6. The molecule has 0 aromatic heterocycles. The van der Waals surface area contributed by atoms with Crippen molar-refractivity contribution in [2.75, 3.05) is 39.7 Å². The molecule has 0 aliphatic carbocycles. The molecular formula is C26H28ClN3O4. The zero-order chi connectivity index (χ0) is 24.5. The van der Waals surface area contributed by atoms with Gasteiger partial charge in [0.05, 0.1) is 13.2 Å². The third kappa shape index (κ3) is 6.97. The quantitative estimate of drug-likeness (QED) is 0.448. The number of methoxy groups -OCH3 is 1. The predicted octanol–water partition coefficient (Wildman–Crippen LogP) is 4.40. The molecule has 0 saturated heterocycles. The fourth-order valence-corrected chi connectivity index (χ4v) is 3.62. The van der Waals surface area contributed by atoms with E-state index in [4.69, 9.17) is 21.1 Å². The highest BCUT2D eigenvalue weighted by atomic mass is 35.5. The van der Waals surface area contributed by atoms with E-state index in [9.17, 15) is 9.59 Å². The van der Waals surface area contributed by atoms with E-state index in [0.29, 0.717) is 34.3 Å². The molecule has 3 rings (SSSR count). The topological polar surface area (TPSA) is 79.9 Å². The van der Waals surface area contributed by atoms with Crippen LogP contribution in [0.25, 0.3) is 0 Å². The Morgan fingerprint density at radius 3 is 2.38 bits per heavy atom. The van der Waals surface area contributed by atoms with Gasteiger partial charge in [-0.05, 0) is 62.1 Å². The monoisotopic (exact) mass is 481 g/mol. The lowest BCUT2D eigenvalue weighted by atomic mass is 10.1. The van der Waals surface area contributed by atoms with Gasteiger partial charge >= 0.3 is 0 Å². The first kappa shape index (κ1) is 25.1. The highest BCUT2D eigenvalue weighted by Crippen LogP contribution is 2.25. The van der Waals surface area contributed by atoms with Gasteiger partial charge in [0.25, 0.3) is 11.8 Å². The fraction of sp³-hybridized carbons (Fsp3) is 0.231. The molecule has 178 valence electrons. The number of hydrogen-bond donors (Lipinski definition) is 2. The van der Waals surface area contributed by atoms with Crippen molar-refractivity contribution in [2.45, 2.75) is 6.04 Å². The second kappa shape index (κ2) is 12.1.